The van der Waals surface area contributed by atoms with E-state index >= 15 is 0 Å². The number of morpholine rings is 1. The number of ether oxygens (including phenoxy) is 2. The SMILES string of the molecule is O=C(C(c1ccccc1)N1CCOCC1)N1Cc2cn(Sc3ccc(OC(F)F)cc3)nc2C1. The Hall–Kier alpha value is -2.95. The molecule has 5 rings (SSSR count). The molecule has 7 nitrogen and oxygen atoms in total. The fourth-order valence-electron chi connectivity index (χ4n) is 4.27. The highest BCUT2D eigenvalue weighted by Gasteiger charge is 2.35. The molecule has 1 unspecified atom stereocenters. The molecule has 10 heteroatoms. The van der Waals surface area contributed by atoms with E-state index in [9.17, 15) is 13.6 Å². The van der Waals surface area contributed by atoms with Gasteiger partial charge in [0.25, 0.3) is 0 Å². The number of carbonyl (C=O) groups is 1. The van der Waals surface area contributed by atoms with Crippen LogP contribution in [0.2, 0.25) is 0 Å². The van der Waals surface area contributed by atoms with E-state index in [4.69, 9.17) is 4.74 Å². The van der Waals surface area contributed by atoms with Gasteiger partial charge in [-0.2, -0.15) is 13.9 Å². The molecule has 2 aromatic carbocycles. The summed E-state index contributed by atoms with van der Waals surface area (Å²) in [5, 5.41) is 4.63. The predicted octanol–water partition coefficient (Wildman–Crippen LogP) is 3.96. The summed E-state index contributed by atoms with van der Waals surface area (Å²) in [6.07, 6.45) is 1.92. The lowest BCUT2D eigenvalue weighted by atomic mass is 10.0. The van der Waals surface area contributed by atoms with Crippen LogP contribution in [-0.2, 0) is 22.6 Å². The maximum Gasteiger partial charge on any atom is 0.387 e. The van der Waals surface area contributed by atoms with Crippen LogP contribution < -0.4 is 4.74 Å². The minimum absolute atomic E-state index is 0.0694. The topological polar surface area (TPSA) is 59.8 Å². The summed E-state index contributed by atoms with van der Waals surface area (Å²) in [7, 11) is 0. The number of amides is 1. The monoisotopic (exact) mass is 486 g/mol. The van der Waals surface area contributed by atoms with Crippen molar-refractivity contribution in [2.24, 2.45) is 0 Å². The first-order valence-corrected chi connectivity index (χ1v) is 11.8. The van der Waals surface area contributed by atoms with Crippen molar-refractivity contribution < 1.29 is 23.0 Å². The number of aromatic nitrogens is 2. The van der Waals surface area contributed by atoms with Crippen molar-refractivity contribution in [1.82, 2.24) is 19.0 Å². The van der Waals surface area contributed by atoms with E-state index in [0.717, 1.165) is 21.7 Å². The highest BCUT2D eigenvalue weighted by atomic mass is 32.2. The second kappa shape index (κ2) is 10.1. The Kier molecular flexibility index (Phi) is 6.80. The van der Waals surface area contributed by atoms with E-state index in [1.54, 1.807) is 16.2 Å². The quantitative estimate of drug-likeness (QED) is 0.504. The fourth-order valence-corrected chi connectivity index (χ4v) is 5.07. The lowest BCUT2D eigenvalue weighted by molar-refractivity contribution is -0.139. The van der Waals surface area contributed by atoms with Gasteiger partial charge in [0, 0.05) is 48.2 Å². The second-order valence-corrected chi connectivity index (χ2v) is 9.13. The average Bonchev–Trinajstić information content (AvgIpc) is 3.40. The summed E-state index contributed by atoms with van der Waals surface area (Å²) in [6, 6.07) is 16.0. The molecule has 1 fully saturated rings. The van der Waals surface area contributed by atoms with Gasteiger partial charge in [0.1, 0.15) is 11.8 Å². The summed E-state index contributed by atoms with van der Waals surface area (Å²) >= 11 is 1.37. The molecule has 0 spiro atoms. The van der Waals surface area contributed by atoms with Crippen LogP contribution in [0.3, 0.4) is 0 Å². The molecule has 1 aromatic heterocycles. The predicted molar refractivity (Wildman–Crippen MR) is 122 cm³/mol. The molecule has 0 saturated carbocycles. The van der Waals surface area contributed by atoms with Crippen molar-refractivity contribution in [1.29, 1.82) is 0 Å². The third kappa shape index (κ3) is 5.08. The molecule has 0 N–H and O–H groups in total. The number of hydrogen-bond acceptors (Lipinski definition) is 6. The first-order chi connectivity index (χ1) is 16.6. The van der Waals surface area contributed by atoms with E-state index < -0.39 is 6.61 Å². The largest absolute Gasteiger partial charge is 0.435 e. The molecule has 3 aromatic rings. The maximum atomic E-state index is 13.6. The normalized spacial score (nSPS) is 17.1. The number of halogens is 2. The molecular weight excluding hydrogens is 462 g/mol. The Balaban J connectivity index is 1.26. The van der Waals surface area contributed by atoms with Crippen LogP contribution in [0, 0.1) is 0 Å². The number of benzene rings is 2. The van der Waals surface area contributed by atoms with Gasteiger partial charge >= 0.3 is 6.61 Å². The van der Waals surface area contributed by atoms with Gasteiger partial charge < -0.3 is 14.4 Å². The summed E-state index contributed by atoms with van der Waals surface area (Å²) < 4.78 is 36.3. The first-order valence-electron chi connectivity index (χ1n) is 11.0. The van der Waals surface area contributed by atoms with Gasteiger partial charge in [0.05, 0.1) is 25.5 Å². The van der Waals surface area contributed by atoms with E-state index in [1.165, 1.54) is 24.1 Å². The molecule has 2 aliphatic heterocycles. The fraction of sp³-hybridized carbons (Fsp3) is 0.333. The zero-order valence-electron chi connectivity index (χ0n) is 18.3. The Morgan fingerprint density at radius 1 is 1.03 bits per heavy atom. The minimum atomic E-state index is -2.84. The third-order valence-electron chi connectivity index (χ3n) is 5.88. The number of hydrogen-bond donors (Lipinski definition) is 0. The molecular formula is C24H24F2N4O3S. The summed E-state index contributed by atoms with van der Waals surface area (Å²) in [5.41, 5.74) is 2.86. The highest BCUT2D eigenvalue weighted by molar-refractivity contribution is 7.97. The maximum absolute atomic E-state index is 13.6. The Morgan fingerprint density at radius 2 is 1.76 bits per heavy atom. The lowest BCUT2D eigenvalue weighted by Crippen LogP contribution is -2.46. The highest BCUT2D eigenvalue weighted by Crippen LogP contribution is 2.31. The summed E-state index contributed by atoms with van der Waals surface area (Å²) in [5.74, 6) is 0.185. The van der Waals surface area contributed by atoms with Gasteiger partial charge in [-0.1, -0.05) is 30.3 Å². The van der Waals surface area contributed by atoms with Crippen LogP contribution in [0.5, 0.6) is 5.75 Å². The minimum Gasteiger partial charge on any atom is -0.435 e. The molecule has 2 aliphatic rings. The van der Waals surface area contributed by atoms with Crippen LogP contribution in [0.25, 0.3) is 0 Å². The molecule has 0 aliphatic carbocycles. The number of fused-ring (bicyclic) bond motifs is 1. The van der Waals surface area contributed by atoms with Crippen LogP contribution in [0.4, 0.5) is 8.78 Å². The Morgan fingerprint density at radius 3 is 2.44 bits per heavy atom. The van der Waals surface area contributed by atoms with E-state index in [-0.39, 0.29) is 17.7 Å². The number of carbonyl (C=O) groups excluding carboxylic acids is 1. The molecule has 0 bridgehead atoms. The van der Waals surface area contributed by atoms with Gasteiger partial charge in [-0.25, -0.2) is 4.09 Å². The van der Waals surface area contributed by atoms with Crippen molar-refractivity contribution in [2.45, 2.75) is 30.6 Å². The second-order valence-electron chi connectivity index (χ2n) is 8.10. The van der Waals surface area contributed by atoms with E-state index in [2.05, 4.69) is 14.7 Å². The molecule has 3 heterocycles. The third-order valence-corrected chi connectivity index (χ3v) is 6.73. The molecule has 1 saturated heterocycles. The number of nitrogens with zero attached hydrogens (tertiary/aromatic N) is 4. The number of rotatable bonds is 7. The zero-order valence-corrected chi connectivity index (χ0v) is 19.2. The molecule has 0 radical (unpaired) electrons. The van der Waals surface area contributed by atoms with Crippen molar-refractivity contribution in [3.8, 4) is 5.75 Å². The van der Waals surface area contributed by atoms with Crippen molar-refractivity contribution in [3.63, 3.8) is 0 Å². The lowest BCUT2D eigenvalue weighted by Gasteiger charge is -2.35. The zero-order chi connectivity index (χ0) is 23.5. The summed E-state index contributed by atoms with van der Waals surface area (Å²) in [4.78, 5) is 18.5. The smallest absolute Gasteiger partial charge is 0.387 e. The van der Waals surface area contributed by atoms with Gasteiger partial charge in [0.2, 0.25) is 5.91 Å². The van der Waals surface area contributed by atoms with Gasteiger partial charge in [0.15, 0.2) is 0 Å². The standard InChI is InChI=1S/C24H24F2N4O3S/c25-24(26)33-19-6-8-20(9-7-19)34-30-15-18-14-29(16-21(18)27-30)23(31)22(17-4-2-1-3-5-17)28-10-12-32-13-11-28/h1-9,15,22,24H,10-14,16H2. The van der Waals surface area contributed by atoms with Gasteiger partial charge in [-0.3, -0.25) is 9.69 Å². The number of alkyl halides is 2. The Labute approximate surface area is 200 Å². The van der Waals surface area contributed by atoms with E-state index in [1.807, 2.05) is 41.4 Å². The molecule has 1 atom stereocenters. The van der Waals surface area contributed by atoms with Crippen LogP contribution in [0.1, 0.15) is 22.9 Å². The summed E-state index contributed by atoms with van der Waals surface area (Å²) in [6.45, 7) is 0.789. The van der Waals surface area contributed by atoms with Crippen molar-refractivity contribution in [3.05, 3.63) is 77.6 Å². The van der Waals surface area contributed by atoms with Gasteiger partial charge in [-0.05, 0) is 29.8 Å². The van der Waals surface area contributed by atoms with Crippen LogP contribution in [-0.4, -0.2) is 57.8 Å². The molecule has 1 amide bonds. The van der Waals surface area contributed by atoms with E-state index in [0.29, 0.717) is 39.4 Å². The Bertz CT molecular complexity index is 1100. The van der Waals surface area contributed by atoms with Crippen LogP contribution >= 0.6 is 11.9 Å². The average molecular weight is 487 g/mol. The molecule has 178 valence electrons. The first kappa shape index (κ1) is 22.8. The van der Waals surface area contributed by atoms with Crippen LogP contribution in [0.15, 0.2) is 65.7 Å². The van der Waals surface area contributed by atoms with Crippen molar-refractivity contribution >= 4 is 17.9 Å². The van der Waals surface area contributed by atoms with Crippen molar-refractivity contribution in [2.75, 3.05) is 26.3 Å². The van der Waals surface area contributed by atoms with Gasteiger partial charge in [-0.15, -0.1) is 0 Å². The molecule has 34 heavy (non-hydrogen) atoms.